The van der Waals surface area contributed by atoms with Crippen LogP contribution in [-0.2, 0) is 6.42 Å². The molecule has 5 nitrogen and oxygen atoms in total. The zero-order valence-corrected chi connectivity index (χ0v) is 14.3. The topological polar surface area (TPSA) is 75.0 Å². The monoisotopic (exact) mass is 362 g/mol. The van der Waals surface area contributed by atoms with Gasteiger partial charge in [-0.05, 0) is 52.4 Å². The van der Waals surface area contributed by atoms with Gasteiger partial charge in [0.25, 0.3) is 5.91 Å². The van der Waals surface area contributed by atoms with Gasteiger partial charge >= 0.3 is 0 Å². The molecule has 0 bridgehead atoms. The summed E-state index contributed by atoms with van der Waals surface area (Å²) in [6.07, 6.45) is 1.82. The van der Waals surface area contributed by atoms with Gasteiger partial charge in [-0.25, -0.2) is 0 Å². The number of halogens is 1. The van der Waals surface area contributed by atoms with E-state index in [1.165, 1.54) is 0 Å². The van der Waals surface area contributed by atoms with E-state index in [4.69, 9.17) is 5.73 Å². The van der Waals surface area contributed by atoms with Gasteiger partial charge in [-0.3, -0.25) is 9.89 Å². The highest BCUT2D eigenvalue weighted by Gasteiger charge is 2.28. The summed E-state index contributed by atoms with van der Waals surface area (Å²) in [5.41, 5.74) is 10.1. The molecule has 0 radical (unpaired) electrons. The lowest BCUT2D eigenvalue weighted by atomic mass is 9.99. The maximum atomic E-state index is 12.9. The normalized spacial score (nSPS) is 14.3. The number of hydrogen-bond donors (Lipinski definition) is 2. The fourth-order valence-corrected chi connectivity index (χ4v) is 3.66. The lowest BCUT2D eigenvalue weighted by molar-refractivity contribution is 0.0979. The third-order valence-corrected chi connectivity index (χ3v) is 4.85. The molecule has 1 aliphatic rings. The molecule has 0 aliphatic carbocycles. The Hall–Kier alpha value is -1.82. The summed E-state index contributed by atoms with van der Waals surface area (Å²) in [6.45, 7) is 4.80. The van der Waals surface area contributed by atoms with E-state index in [1.54, 1.807) is 4.90 Å². The number of amides is 1. The number of carbonyl (C=O) groups is 1. The highest BCUT2D eigenvalue weighted by Crippen LogP contribution is 2.34. The van der Waals surface area contributed by atoms with E-state index in [-0.39, 0.29) is 11.8 Å². The van der Waals surface area contributed by atoms with Gasteiger partial charge in [0, 0.05) is 17.9 Å². The van der Waals surface area contributed by atoms with Crippen molar-refractivity contribution < 1.29 is 4.79 Å². The van der Waals surface area contributed by atoms with Crippen LogP contribution >= 0.6 is 15.9 Å². The van der Waals surface area contributed by atoms with Gasteiger partial charge in [-0.15, -0.1) is 0 Å². The molecule has 0 fully saturated rings. The molecule has 0 atom stereocenters. The van der Waals surface area contributed by atoms with Crippen molar-refractivity contribution in [2.75, 3.05) is 17.2 Å². The number of benzene rings is 1. The molecule has 0 saturated heterocycles. The predicted octanol–water partition coefficient (Wildman–Crippen LogP) is 3.47. The number of rotatable bonds is 2. The molecule has 1 aromatic heterocycles. The minimum absolute atomic E-state index is 0.0958. The second-order valence-corrected chi connectivity index (χ2v) is 6.65. The number of hydrogen-bond acceptors (Lipinski definition) is 3. The summed E-state index contributed by atoms with van der Waals surface area (Å²) in [6, 6.07) is 5.72. The summed E-state index contributed by atoms with van der Waals surface area (Å²) >= 11 is 3.51. The van der Waals surface area contributed by atoms with Crippen LogP contribution in [0, 0.1) is 0 Å². The van der Waals surface area contributed by atoms with Crippen molar-refractivity contribution in [1.82, 2.24) is 10.2 Å². The number of nitrogens with two attached hydrogens (primary N) is 1. The second-order valence-electron chi connectivity index (χ2n) is 5.86. The summed E-state index contributed by atoms with van der Waals surface area (Å²) in [4.78, 5) is 14.7. The van der Waals surface area contributed by atoms with E-state index in [9.17, 15) is 4.79 Å². The maximum Gasteiger partial charge on any atom is 0.279 e. The molecule has 3 rings (SSSR count). The average molecular weight is 363 g/mol. The molecule has 0 saturated carbocycles. The quantitative estimate of drug-likeness (QED) is 0.803. The Morgan fingerprint density at radius 2 is 2.23 bits per heavy atom. The van der Waals surface area contributed by atoms with Crippen LogP contribution in [0.4, 0.5) is 11.4 Å². The van der Waals surface area contributed by atoms with Gasteiger partial charge in [-0.1, -0.05) is 19.9 Å². The van der Waals surface area contributed by atoms with Gasteiger partial charge in [0.15, 0.2) is 5.69 Å². The van der Waals surface area contributed by atoms with Crippen LogP contribution in [0.3, 0.4) is 0 Å². The van der Waals surface area contributed by atoms with Gasteiger partial charge in [-0.2, -0.15) is 5.10 Å². The highest BCUT2D eigenvalue weighted by atomic mass is 79.9. The van der Waals surface area contributed by atoms with Crippen molar-refractivity contribution in [3.63, 3.8) is 0 Å². The molecule has 116 valence electrons. The summed E-state index contributed by atoms with van der Waals surface area (Å²) < 4.78 is 0.753. The number of nitrogens with one attached hydrogen (secondary N) is 1. The van der Waals surface area contributed by atoms with Gasteiger partial charge in [0.2, 0.25) is 0 Å². The Morgan fingerprint density at radius 1 is 1.45 bits per heavy atom. The number of fused-ring (bicyclic) bond motifs is 1. The first-order chi connectivity index (χ1) is 10.5. The summed E-state index contributed by atoms with van der Waals surface area (Å²) in [5, 5.41) is 7.17. The summed E-state index contributed by atoms with van der Waals surface area (Å²) in [7, 11) is 0. The van der Waals surface area contributed by atoms with Crippen LogP contribution in [0.15, 0.2) is 22.7 Å². The van der Waals surface area contributed by atoms with Crippen LogP contribution < -0.4 is 10.6 Å². The molecule has 0 spiro atoms. The Morgan fingerprint density at radius 3 is 2.91 bits per heavy atom. The molecule has 0 unspecified atom stereocenters. The van der Waals surface area contributed by atoms with E-state index in [2.05, 4.69) is 40.0 Å². The Labute approximate surface area is 138 Å². The van der Waals surface area contributed by atoms with Crippen LogP contribution in [0.1, 0.15) is 47.9 Å². The lowest BCUT2D eigenvalue weighted by Gasteiger charge is -2.29. The third-order valence-electron chi connectivity index (χ3n) is 4.04. The van der Waals surface area contributed by atoms with Crippen molar-refractivity contribution in [2.45, 2.75) is 32.6 Å². The van der Waals surface area contributed by atoms with Crippen molar-refractivity contribution in [2.24, 2.45) is 0 Å². The van der Waals surface area contributed by atoms with Crippen molar-refractivity contribution in [3.05, 3.63) is 39.6 Å². The van der Waals surface area contributed by atoms with Crippen LogP contribution in [0.25, 0.3) is 0 Å². The fourth-order valence-electron chi connectivity index (χ4n) is 2.86. The van der Waals surface area contributed by atoms with Crippen LogP contribution in [0.2, 0.25) is 0 Å². The number of H-pyrrole nitrogens is 1. The van der Waals surface area contributed by atoms with E-state index in [1.807, 2.05) is 18.2 Å². The fraction of sp³-hybridized carbons (Fsp3) is 0.375. The maximum absolute atomic E-state index is 12.9. The van der Waals surface area contributed by atoms with Gasteiger partial charge in [0.05, 0.1) is 10.2 Å². The minimum Gasteiger partial charge on any atom is -0.398 e. The molecular weight excluding hydrogens is 344 g/mol. The highest BCUT2D eigenvalue weighted by molar-refractivity contribution is 9.10. The van der Waals surface area contributed by atoms with E-state index < -0.39 is 0 Å². The van der Waals surface area contributed by atoms with E-state index >= 15 is 0 Å². The lowest BCUT2D eigenvalue weighted by Crippen LogP contribution is -2.36. The zero-order valence-electron chi connectivity index (χ0n) is 12.7. The zero-order chi connectivity index (χ0) is 15.9. The molecule has 6 heteroatoms. The number of nitrogen functional groups attached to an aromatic ring is 1. The molecule has 3 N–H and O–H groups in total. The summed E-state index contributed by atoms with van der Waals surface area (Å²) in [5.74, 6) is 0.175. The van der Waals surface area contributed by atoms with Crippen LogP contribution in [0.5, 0.6) is 0 Å². The number of aromatic nitrogens is 2. The number of nitrogens with zero attached hydrogens (tertiary/aromatic N) is 2. The minimum atomic E-state index is -0.0958. The average Bonchev–Trinajstić information content (AvgIpc) is 2.88. The largest absolute Gasteiger partial charge is 0.398 e. The Balaban J connectivity index is 2.00. The first kappa shape index (κ1) is 15.1. The molecule has 1 amide bonds. The first-order valence-corrected chi connectivity index (χ1v) is 8.23. The molecule has 2 aromatic rings. The van der Waals surface area contributed by atoms with Crippen LogP contribution in [-0.4, -0.2) is 22.6 Å². The molecule has 22 heavy (non-hydrogen) atoms. The van der Waals surface area contributed by atoms with Gasteiger partial charge < -0.3 is 10.6 Å². The Bertz CT molecular complexity index is 723. The Kier molecular flexibility index (Phi) is 3.95. The van der Waals surface area contributed by atoms with E-state index in [0.717, 1.165) is 39.9 Å². The van der Waals surface area contributed by atoms with Crippen molar-refractivity contribution in [1.29, 1.82) is 0 Å². The molecule has 2 heterocycles. The number of aromatic amines is 1. The first-order valence-electron chi connectivity index (χ1n) is 7.43. The van der Waals surface area contributed by atoms with E-state index in [0.29, 0.717) is 12.2 Å². The van der Waals surface area contributed by atoms with Crippen molar-refractivity contribution >= 4 is 33.2 Å². The molecule has 1 aliphatic heterocycles. The van der Waals surface area contributed by atoms with Crippen molar-refractivity contribution in [3.8, 4) is 0 Å². The molecular formula is C16H19BrN4O. The van der Waals surface area contributed by atoms with Gasteiger partial charge in [0.1, 0.15) is 0 Å². The molecule has 1 aromatic carbocycles. The standard InChI is InChI=1S/C16H19BrN4O/c1-9(2)14-13(17)15(20-19-14)16(22)21-8-4-5-10-11(18)6-3-7-12(10)21/h3,6-7,9H,4-5,8,18H2,1-2H3,(H,19,20). The number of carbonyl (C=O) groups excluding carboxylic acids is 1. The SMILES string of the molecule is CC(C)c1[nH]nc(C(=O)N2CCCc3c(N)cccc32)c1Br. The second kappa shape index (κ2) is 5.76. The predicted molar refractivity (Wildman–Crippen MR) is 91.2 cm³/mol. The number of anilines is 2. The third kappa shape index (κ3) is 2.41. The smallest absolute Gasteiger partial charge is 0.279 e.